The smallest absolute Gasteiger partial charge is 0.355 e. The van der Waals surface area contributed by atoms with E-state index < -0.39 is 29.1 Å². The molecule has 2 aromatic carbocycles. The van der Waals surface area contributed by atoms with Crippen molar-refractivity contribution in [2.24, 2.45) is 4.99 Å². The first kappa shape index (κ1) is 24.1. The van der Waals surface area contributed by atoms with Gasteiger partial charge in [-0.15, -0.1) is 0 Å². The van der Waals surface area contributed by atoms with Gasteiger partial charge in [0.2, 0.25) is 5.88 Å². The van der Waals surface area contributed by atoms with Gasteiger partial charge in [-0.25, -0.2) is 24.0 Å². The monoisotopic (exact) mass is 482 g/mol. The molecule has 0 fully saturated rings. The van der Waals surface area contributed by atoms with E-state index in [1.165, 1.54) is 18.4 Å². The molecule has 180 valence electrons. The van der Waals surface area contributed by atoms with Crippen LogP contribution in [-0.2, 0) is 4.79 Å². The molecule has 2 heterocycles. The molecular formula is C27H22N4O5. The molecule has 0 atom stereocenters. The first-order chi connectivity index (χ1) is 17.4. The maximum absolute atomic E-state index is 12.9. The zero-order valence-corrected chi connectivity index (χ0v) is 19.3. The normalized spacial score (nSPS) is 15.3. The van der Waals surface area contributed by atoms with Gasteiger partial charge in [0, 0.05) is 6.21 Å². The second-order valence-corrected chi connectivity index (χ2v) is 7.73. The minimum Gasteiger partial charge on any atom is -0.494 e. The molecule has 1 aliphatic rings. The Hall–Kier alpha value is -5.05. The number of nitrogens with zero attached hydrogens (tertiary/aromatic N) is 3. The number of rotatable bonds is 6. The van der Waals surface area contributed by atoms with Crippen molar-refractivity contribution in [1.82, 2.24) is 9.55 Å². The highest BCUT2D eigenvalue weighted by Crippen LogP contribution is 2.21. The SMILES string of the molecule is CCC(C=Cc1c(O)n(-c2ccccc2)c(=O)[nH]c1=O)=CC=C1C=NC(=O)N(c2ccccc2)C1=O. The zero-order valence-electron chi connectivity index (χ0n) is 19.3. The molecule has 0 aliphatic carbocycles. The molecule has 9 nitrogen and oxygen atoms in total. The fourth-order valence-electron chi connectivity index (χ4n) is 3.56. The van der Waals surface area contributed by atoms with Crippen molar-refractivity contribution in [1.29, 1.82) is 0 Å². The van der Waals surface area contributed by atoms with Gasteiger partial charge in [0.05, 0.1) is 16.9 Å². The van der Waals surface area contributed by atoms with Crippen molar-refractivity contribution in [3.63, 3.8) is 0 Å². The Morgan fingerprint density at radius 3 is 2.25 bits per heavy atom. The van der Waals surface area contributed by atoms with Crippen LogP contribution >= 0.6 is 0 Å². The lowest BCUT2D eigenvalue weighted by Gasteiger charge is -2.21. The summed E-state index contributed by atoms with van der Waals surface area (Å²) in [7, 11) is 0. The Bertz CT molecular complexity index is 1540. The molecule has 1 aromatic heterocycles. The molecule has 9 heteroatoms. The predicted octanol–water partition coefficient (Wildman–Crippen LogP) is 3.75. The second-order valence-electron chi connectivity index (χ2n) is 7.73. The maximum atomic E-state index is 12.9. The Morgan fingerprint density at radius 2 is 1.61 bits per heavy atom. The molecule has 3 aromatic rings. The number of aliphatic imine (C=N–C) groups is 1. The number of urea groups is 1. The number of anilines is 1. The third-order valence-electron chi connectivity index (χ3n) is 5.45. The van der Waals surface area contributed by atoms with E-state index in [4.69, 9.17) is 0 Å². The molecule has 0 saturated heterocycles. The highest BCUT2D eigenvalue weighted by atomic mass is 16.3. The highest BCUT2D eigenvalue weighted by molar-refractivity contribution is 6.32. The molecule has 3 amide bonds. The lowest BCUT2D eigenvalue weighted by molar-refractivity contribution is -0.114. The van der Waals surface area contributed by atoms with E-state index in [2.05, 4.69) is 9.98 Å². The number of aromatic nitrogens is 2. The summed E-state index contributed by atoms with van der Waals surface area (Å²) in [5, 5.41) is 10.7. The van der Waals surface area contributed by atoms with Gasteiger partial charge in [0.25, 0.3) is 11.5 Å². The summed E-state index contributed by atoms with van der Waals surface area (Å²) in [5.41, 5.74) is 0.138. The number of H-pyrrole nitrogens is 1. The minimum absolute atomic E-state index is 0.0957. The predicted molar refractivity (Wildman–Crippen MR) is 138 cm³/mol. The number of aromatic amines is 1. The van der Waals surface area contributed by atoms with Crippen molar-refractivity contribution in [3.05, 3.63) is 116 Å². The van der Waals surface area contributed by atoms with Crippen LogP contribution in [-0.4, -0.2) is 32.8 Å². The number of imide groups is 1. The molecular weight excluding hydrogens is 460 g/mol. The van der Waals surface area contributed by atoms with E-state index in [-0.39, 0.29) is 11.1 Å². The van der Waals surface area contributed by atoms with Gasteiger partial charge in [-0.1, -0.05) is 55.5 Å². The fraction of sp³-hybridized carbons (Fsp3) is 0.0741. The summed E-state index contributed by atoms with van der Waals surface area (Å²) in [4.78, 5) is 56.8. The van der Waals surface area contributed by atoms with Gasteiger partial charge in [-0.05, 0) is 48.4 Å². The molecule has 0 spiro atoms. The van der Waals surface area contributed by atoms with E-state index in [1.54, 1.807) is 72.8 Å². The summed E-state index contributed by atoms with van der Waals surface area (Å²) in [6, 6.07) is 16.3. The average Bonchev–Trinajstić information content (AvgIpc) is 2.88. The van der Waals surface area contributed by atoms with Crippen LogP contribution in [0.4, 0.5) is 10.5 Å². The molecule has 0 radical (unpaired) electrons. The van der Waals surface area contributed by atoms with Crippen molar-refractivity contribution in [2.75, 3.05) is 4.90 Å². The highest BCUT2D eigenvalue weighted by Gasteiger charge is 2.28. The van der Waals surface area contributed by atoms with Gasteiger partial charge in [-0.2, -0.15) is 0 Å². The van der Waals surface area contributed by atoms with Crippen LogP contribution in [0.2, 0.25) is 0 Å². The molecule has 4 rings (SSSR count). The van der Waals surface area contributed by atoms with Crippen LogP contribution in [0.3, 0.4) is 0 Å². The maximum Gasteiger partial charge on any atom is 0.355 e. The number of allylic oxidation sites excluding steroid dienone is 4. The van der Waals surface area contributed by atoms with E-state index in [0.29, 0.717) is 23.4 Å². The van der Waals surface area contributed by atoms with E-state index in [1.807, 2.05) is 6.92 Å². The zero-order chi connectivity index (χ0) is 25.7. The number of hydrogen-bond donors (Lipinski definition) is 2. The Morgan fingerprint density at radius 1 is 0.972 bits per heavy atom. The van der Waals surface area contributed by atoms with Gasteiger partial charge < -0.3 is 5.11 Å². The van der Waals surface area contributed by atoms with Crippen LogP contribution < -0.4 is 16.1 Å². The van der Waals surface area contributed by atoms with Crippen molar-refractivity contribution >= 4 is 29.9 Å². The van der Waals surface area contributed by atoms with Crippen LogP contribution in [0.1, 0.15) is 18.9 Å². The van der Waals surface area contributed by atoms with Crippen molar-refractivity contribution in [3.8, 4) is 11.6 Å². The van der Waals surface area contributed by atoms with Gasteiger partial charge >= 0.3 is 11.7 Å². The van der Waals surface area contributed by atoms with Gasteiger partial charge in [0.1, 0.15) is 5.56 Å². The number of benzene rings is 2. The largest absolute Gasteiger partial charge is 0.494 e. The lowest BCUT2D eigenvalue weighted by atomic mass is 10.1. The Balaban J connectivity index is 1.66. The van der Waals surface area contributed by atoms with Crippen LogP contribution in [0, 0.1) is 0 Å². The number of carbonyl (C=O) groups excluding carboxylic acids is 2. The number of amides is 3. The molecule has 36 heavy (non-hydrogen) atoms. The summed E-state index contributed by atoms with van der Waals surface area (Å²) in [5.74, 6) is -1.01. The number of aromatic hydroxyl groups is 1. The summed E-state index contributed by atoms with van der Waals surface area (Å²) in [6.45, 7) is 1.88. The number of nitrogens with one attached hydrogen (secondary N) is 1. The van der Waals surface area contributed by atoms with E-state index >= 15 is 0 Å². The van der Waals surface area contributed by atoms with Crippen LogP contribution in [0.15, 0.2) is 105 Å². The first-order valence-corrected chi connectivity index (χ1v) is 11.1. The molecule has 0 saturated carbocycles. The number of carbonyl (C=O) groups is 2. The van der Waals surface area contributed by atoms with Gasteiger partial charge in [-0.3, -0.25) is 14.6 Å². The van der Waals surface area contributed by atoms with E-state index in [0.717, 1.165) is 9.47 Å². The molecule has 0 unspecified atom stereocenters. The summed E-state index contributed by atoms with van der Waals surface area (Å²) < 4.78 is 1.00. The quantitative estimate of drug-likeness (QED) is 0.409. The third kappa shape index (κ3) is 4.90. The fourth-order valence-corrected chi connectivity index (χ4v) is 3.56. The topological polar surface area (TPSA) is 125 Å². The Kier molecular flexibility index (Phi) is 7.01. The van der Waals surface area contributed by atoms with Crippen LogP contribution in [0.25, 0.3) is 11.8 Å². The average molecular weight is 482 g/mol. The third-order valence-corrected chi connectivity index (χ3v) is 5.45. The number of hydrogen-bond acceptors (Lipinski definition) is 5. The lowest BCUT2D eigenvalue weighted by Crippen LogP contribution is -2.39. The molecule has 2 N–H and O–H groups in total. The molecule has 0 bridgehead atoms. The number of para-hydroxylation sites is 2. The van der Waals surface area contributed by atoms with Crippen molar-refractivity contribution < 1.29 is 14.7 Å². The van der Waals surface area contributed by atoms with E-state index in [9.17, 15) is 24.3 Å². The minimum atomic E-state index is -0.760. The molecule has 1 aliphatic heterocycles. The summed E-state index contributed by atoms with van der Waals surface area (Å²) in [6.07, 6.45) is 7.94. The Labute approximate surface area is 205 Å². The van der Waals surface area contributed by atoms with Gasteiger partial charge in [0.15, 0.2) is 0 Å². The second kappa shape index (κ2) is 10.5. The van der Waals surface area contributed by atoms with Crippen LogP contribution in [0.5, 0.6) is 5.88 Å². The first-order valence-electron chi connectivity index (χ1n) is 11.1. The standard InChI is InChI=1S/C27H22N4O5/c1-2-18(13-15-19-17-28-26(35)30(24(19)33)20-9-5-3-6-10-20)14-16-22-23(32)29-27(36)31(25(22)34)21-11-7-4-8-12-21/h3-17,34H,2H2,1H3,(H,29,32,36). The van der Waals surface area contributed by atoms with Crippen molar-refractivity contribution in [2.45, 2.75) is 13.3 Å². The summed E-state index contributed by atoms with van der Waals surface area (Å²) >= 11 is 0.